The van der Waals surface area contributed by atoms with E-state index in [2.05, 4.69) is 32.6 Å². The van der Waals surface area contributed by atoms with Crippen LogP contribution in [0.1, 0.15) is 79.1 Å². The summed E-state index contributed by atoms with van der Waals surface area (Å²) >= 11 is 0. The summed E-state index contributed by atoms with van der Waals surface area (Å²) in [6, 6.07) is 0. The van der Waals surface area contributed by atoms with Crippen LogP contribution in [-0.4, -0.2) is 40.3 Å². The Hall–Kier alpha value is -1.03. The van der Waals surface area contributed by atoms with E-state index in [9.17, 15) is 9.90 Å². The predicted octanol–water partition coefficient (Wildman–Crippen LogP) is 5.66. The number of rotatable bonds is 12. The highest BCUT2D eigenvalue weighted by molar-refractivity contribution is 5.57. The van der Waals surface area contributed by atoms with Gasteiger partial charge in [-0.1, -0.05) is 59.8 Å². The largest absolute Gasteiger partial charge is 0.519 e. The average molecular weight is 340 g/mol. The van der Waals surface area contributed by atoms with Crippen LogP contribution < -0.4 is 0 Å². The number of nitrogens with zero attached hydrogens (tertiary/aromatic N) is 2. The van der Waals surface area contributed by atoms with Crippen molar-refractivity contribution in [1.82, 2.24) is 4.90 Å². The van der Waals surface area contributed by atoms with E-state index in [4.69, 9.17) is 0 Å². The van der Waals surface area contributed by atoms with E-state index in [1.807, 2.05) is 12.4 Å². The fourth-order valence-electron chi connectivity index (χ4n) is 3.71. The molecule has 0 saturated carbocycles. The molecular formula is C20H39N2O2+. The maximum Gasteiger partial charge on any atom is 0.519 e. The van der Waals surface area contributed by atoms with Gasteiger partial charge in [0.2, 0.25) is 0 Å². The van der Waals surface area contributed by atoms with Gasteiger partial charge in [0.05, 0.1) is 12.7 Å². The van der Waals surface area contributed by atoms with Crippen LogP contribution in [-0.2, 0) is 0 Å². The highest BCUT2D eigenvalue weighted by Crippen LogP contribution is 2.27. The van der Waals surface area contributed by atoms with Crippen LogP contribution >= 0.6 is 0 Å². The minimum absolute atomic E-state index is 0.0897. The van der Waals surface area contributed by atoms with Crippen molar-refractivity contribution < 1.29 is 14.4 Å². The lowest BCUT2D eigenvalue weighted by atomic mass is 9.98. The molecular weight excluding hydrogens is 300 g/mol. The topological polar surface area (TPSA) is 40.5 Å². The molecule has 4 heteroatoms. The number of quaternary nitrogens is 1. The lowest BCUT2D eigenvalue weighted by molar-refractivity contribution is -0.812. The molecule has 140 valence electrons. The van der Waals surface area contributed by atoms with Gasteiger partial charge in [0.1, 0.15) is 6.20 Å². The molecule has 0 aromatic carbocycles. The van der Waals surface area contributed by atoms with Crippen molar-refractivity contribution in [3.8, 4) is 0 Å². The maximum absolute atomic E-state index is 12.0. The van der Waals surface area contributed by atoms with Crippen LogP contribution in [0, 0.1) is 11.8 Å². The lowest BCUT2D eigenvalue weighted by Crippen LogP contribution is -2.52. The normalized spacial score (nSPS) is 22.8. The van der Waals surface area contributed by atoms with E-state index >= 15 is 0 Å². The predicted molar refractivity (Wildman–Crippen MR) is 100 cm³/mol. The molecule has 1 aliphatic rings. The third kappa shape index (κ3) is 6.12. The Morgan fingerprint density at radius 1 is 1.08 bits per heavy atom. The second-order valence-corrected chi connectivity index (χ2v) is 7.54. The molecule has 0 spiro atoms. The third-order valence-corrected chi connectivity index (χ3v) is 5.54. The first-order valence-corrected chi connectivity index (χ1v) is 10.0. The highest BCUT2D eigenvalue weighted by atomic mass is 16.4. The molecule has 0 bridgehead atoms. The maximum atomic E-state index is 12.0. The van der Waals surface area contributed by atoms with Crippen molar-refractivity contribution >= 4 is 6.09 Å². The van der Waals surface area contributed by atoms with Gasteiger partial charge in [-0.2, -0.15) is 9.28 Å². The minimum atomic E-state index is -0.703. The van der Waals surface area contributed by atoms with Crippen molar-refractivity contribution in [2.45, 2.75) is 79.1 Å². The zero-order valence-corrected chi connectivity index (χ0v) is 16.3. The summed E-state index contributed by atoms with van der Waals surface area (Å²) in [7, 11) is 0. The monoisotopic (exact) mass is 339 g/mol. The summed E-state index contributed by atoms with van der Waals surface area (Å²) < 4.78 is 0.0897. The van der Waals surface area contributed by atoms with Crippen LogP contribution in [0.25, 0.3) is 0 Å². The minimum Gasteiger partial charge on any atom is -0.435 e. The van der Waals surface area contributed by atoms with Gasteiger partial charge < -0.3 is 10.0 Å². The molecule has 0 aromatic rings. The summed E-state index contributed by atoms with van der Waals surface area (Å²) in [4.78, 5) is 14.3. The molecule has 3 unspecified atom stereocenters. The van der Waals surface area contributed by atoms with Gasteiger partial charge in [0.15, 0.2) is 6.67 Å². The van der Waals surface area contributed by atoms with Crippen LogP contribution in [0.3, 0.4) is 0 Å². The average Bonchev–Trinajstić information content (AvgIpc) is 2.99. The molecule has 1 rings (SSSR count). The number of hydrogen-bond acceptors (Lipinski definition) is 2. The molecule has 0 fully saturated rings. The van der Waals surface area contributed by atoms with Gasteiger partial charge >= 0.3 is 6.09 Å². The van der Waals surface area contributed by atoms with E-state index in [0.717, 1.165) is 25.9 Å². The molecule has 1 N–H and O–H groups in total. The Balaban J connectivity index is 2.67. The second kappa shape index (κ2) is 10.8. The molecule has 0 saturated heterocycles. The molecule has 1 aliphatic heterocycles. The number of amides is 1. The van der Waals surface area contributed by atoms with E-state index in [1.165, 1.54) is 38.5 Å². The van der Waals surface area contributed by atoms with Crippen molar-refractivity contribution in [2.75, 3.05) is 19.8 Å². The summed E-state index contributed by atoms with van der Waals surface area (Å²) in [5.74, 6) is 1.16. The molecule has 0 aliphatic carbocycles. The van der Waals surface area contributed by atoms with Crippen molar-refractivity contribution in [1.29, 1.82) is 0 Å². The molecule has 3 atom stereocenters. The highest BCUT2D eigenvalue weighted by Gasteiger charge is 2.42. The van der Waals surface area contributed by atoms with Gasteiger partial charge in [-0.05, 0) is 25.2 Å². The first kappa shape index (κ1) is 21.0. The Kier molecular flexibility index (Phi) is 9.42. The van der Waals surface area contributed by atoms with E-state index in [0.29, 0.717) is 18.5 Å². The smallest absolute Gasteiger partial charge is 0.435 e. The third-order valence-electron chi connectivity index (χ3n) is 5.54. The number of carbonyl (C=O) groups is 1. The van der Waals surface area contributed by atoms with Crippen molar-refractivity contribution in [2.24, 2.45) is 11.8 Å². The molecule has 1 amide bonds. The van der Waals surface area contributed by atoms with Crippen LogP contribution in [0.4, 0.5) is 4.79 Å². The van der Waals surface area contributed by atoms with E-state index < -0.39 is 6.09 Å². The molecule has 0 radical (unpaired) electrons. The Bertz CT molecular complexity index is 397. The quantitative estimate of drug-likeness (QED) is 0.466. The van der Waals surface area contributed by atoms with Gasteiger partial charge in [-0.3, -0.25) is 0 Å². The Labute approximate surface area is 149 Å². The summed E-state index contributed by atoms with van der Waals surface area (Å²) in [5.41, 5.74) is 0. The Morgan fingerprint density at radius 2 is 1.67 bits per heavy atom. The molecule has 0 aromatic heterocycles. The van der Waals surface area contributed by atoms with Crippen LogP contribution in [0.15, 0.2) is 12.4 Å². The molecule has 24 heavy (non-hydrogen) atoms. The fraction of sp³-hybridized carbons (Fsp3) is 0.850. The SMILES string of the molecule is CCCCC(CC)CN1C=C[N+](CC(CC)CCCC)(C(=O)O)C1. The van der Waals surface area contributed by atoms with Crippen molar-refractivity contribution in [3.63, 3.8) is 0 Å². The van der Waals surface area contributed by atoms with Crippen LogP contribution in [0.2, 0.25) is 0 Å². The number of hydrogen-bond donors (Lipinski definition) is 1. The van der Waals surface area contributed by atoms with Gasteiger partial charge in [0.25, 0.3) is 0 Å². The Morgan fingerprint density at radius 3 is 2.17 bits per heavy atom. The molecule has 4 nitrogen and oxygen atoms in total. The summed E-state index contributed by atoms with van der Waals surface area (Å²) in [5, 5.41) is 9.88. The van der Waals surface area contributed by atoms with Gasteiger partial charge in [0, 0.05) is 12.5 Å². The van der Waals surface area contributed by atoms with E-state index in [-0.39, 0.29) is 4.48 Å². The zero-order chi connectivity index (χ0) is 18.0. The van der Waals surface area contributed by atoms with Crippen molar-refractivity contribution in [3.05, 3.63) is 12.4 Å². The molecule has 1 heterocycles. The van der Waals surface area contributed by atoms with Gasteiger partial charge in [-0.15, -0.1) is 0 Å². The summed E-state index contributed by atoms with van der Waals surface area (Å²) in [6.45, 7) is 11.2. The first-order chi connectivity index (χ1) is 11.5. The van der Waals surface area contributed by atoms with E-state index in [1.54, 1.807) is 0 Å². The van der Waals surface area contributed by atoms with Gasteiger partial charge in [-0.25, -0.2) is 0 Å². The standard InChI is InChI=1S/C20H38N2O2/c1-5-9-11-18(7-3)15-21-13-14-22(17-21,20(23)24)16-19(8-4)12-10-6-2/h13-14,18-19H,5-12,15-17H2,1-4H3/p+1. The fourth-order valence-corrected chi connectivity index (χ4v) is 3.71. The summed E-state index contributed by atoms with van der Waals surface area (Å²) in [6.07, 6.45) is 12.8. The second-order valence-electron chi connectivity index (χ2n) is 7.54. The first-order valence-electron chi connectivity index (χ1n) is 10.0. The van der Waals surface area contributed by atoms with Crippen LogP contribution in [0.5, 0.6) is 0 Å². The number of carboxylic acid groups (broad SMARTS) is 1. The zero-order valence-electron chi connectivity index (χ0n) is 16.3. The number of unbranched alkanes of at least 4 members (excludes halogenated alkanes) is 2. The lowest BCUT2D eigenvalue weighted by Gasteiger charge is -2.31.